The van der Waals surface area contributed by atoms with E-state index >= 15 is 0 Å². The number of hydrogen-bond donors (Lipinski definition) is 1. The summed E-state index contributed by atoms with van der Waals surface area (Å²) in [5.41, 5.74) is 2.81. The highest BCUT2D eigenvalue weighted by Crippen LogP contribution is 2.28. The molecule has 4 rings (SSSR count). The molecule has 2 heterocycles. The zero-order chi connectivity index (χ0) is 25.2. The molecule has 10 heteroatoms. The van der Waals surface area contributed by atoms with Gasteiger partial charge in [0.25, 0.3) is 0 Å². The van der Waals surface area contributed by atoms with Crippen LogP contribution in [0.1, 0.15) is 23.9 Å². The van der Waals surface area contributed by atoms with E-state index in [1.165, 1.54) is 11.2 Å². The van der Waals surface area contributed by atoms with Gasteiger partial charge in [0.2, 0.25) is 21.8 Å². The number of nitrogens with one attached hydrogen (secondary N) is 1. The Balaban J connectivity index is 1.44. The van der Waals surface area contributed by atoms with Gasteiger partial charge in [0, 0.05) is 45.2 Å². The highest BCUT2D eigenvalue weighted by Gasteiger charge is 2.31. The number of sulfonamides is 1. The molecule has 9 nitrogen and oxygen atoms in total. The molecule has 0 bridgehead atoms. The number of carbonyl (C=O) groups is 1. The van der Waals surface area contributed by atoms with Crippen LogP contribution in [-0.2, 0) is 21.4 Å². The first kappa shape index (κ1) is 24.9. The van der Waals surface area contributed by atoms with E-state index in [0.717, 1.165) is 28.3 Å². The van der Waals surface area contributed by atoms with Crippen LogP contribution in [0.3, 0.4) is 0 Å². The first-order valence-electron chi connectivity index (χ1n) is 11.4. The Hall–Kier alpha value is -3.21. The van der Waals surface area contributed by atoms with Gasteiger partial charge in [-0.15, -0.1) is 0 Å². The Labute approximate surface area is 205 Å². The highest BCUT2D eigenvalue weighted by molar-refractivity contribution is 7.89. The lowest BCUT2D eigenvalue weighted by atomic mass is 10.2. The number of carbonyl (C=O) groups excluding carboxylic acids is 1. The van der Waals surface area contributed by atoms with Gasteiger partial charge in [-0.25, -0.2) is 13.4 Å². The van der Waals surface area contributed by atoms with Crippen molar-refractivity contribution < 1.29 is 22.4 Å². The van der Waals surface area contributed by atoms with E-state index in [1.807, 2.05) is 38.1 Å². The normalized spacial score (nSPS) is 15.2. The van der Waals surface area contributed by atoms with E-state index < -0.39 is 10.0 Å². The molecule has 0 radical (unpaired) electrons. The largest absolute Gasteiger partial charge is 0.497 e. The second kappa shape index (κ2) is 10.2. The standard InChI is InChI=1S/C25H30N4O5S/c1-17-5-10-22(26-19(3)30)24(15-17)35(31,32)29-13-11-28(12-14-29)16-23-18(2)34-25(27-23)20-6-8-21(33-4)9-7-20/h5-10,15H,11-14,16H2,1-4H3,(H,26,30). The number of piperazine rings is 1. The molecule has 35 heavy (non-hydrogen) atoms. The molecule has 1 aliphatic heterocycles. The van der Waals surface area contributed by atoms with Crippen molar-refractivity contribution >= 4 is 21.6 Å². The monoisotopic (exact) mass is 498 g/mol. The van der Waals surface area contributed by atoms with Crippen LogP contribution in [0.2, 0.25) is 0 Å². The Morgan fingerprint density at radius 2 is 1.77 bits per heavy atom. The van der Waals surface area contributed by atoms with Gasteiger partial charge in [0.05, 0.1) is 18.5 Å². The Bertz CT molecular complexity index is 1310. The third-order valence-electron chi connectivity index (χ3n) is 6.00. The lowest BCUT2D eigenvalue weighted by molar-refractivity contribution is -0.114. The second-order valence-electron chi connectivity index (χ2n) is 8.61. The predicted molar refractivity (Wildman–Crippen MR) is 133 cm³/mol. The topological polar surface area (TPSA) is 105 Å². The lowest BCUT2D eigenvalue weighted by Gasteiger charge is -2.34. The maximum Gasteiger partial charge on any atom is 0.245 e. The fourth-order valence-corrected chi connectivity index (χ4v) is 5.70. The van der Waals surface area contributed by atoms with Crippen LogP contribution in [0.15, 0.2) is 51.8 Å². The summed E-state index contributed by atoms with van der Waals surface area (Å²) < 4.78 is 39.3. The van der Waals surface area contributed by atoms with Crippen LogP contribution in [0, 0.1) is 13.8 Å². The molecule has 1 saturated heterocycles. The summed E-state index contributed by atoms with van der Waals surface area (Å²) in [7, 11) is -2.13. The maximum absolute atomic E-state index is 13.4. The van der Waals surface area contributed by atoms with Gasteiger partial charge in [0.15, 0.2) is 0 Å². The average Bonchev–Trinajstić information content (AvgIpc) is 3.20. The minimum Gasteiger partial charge on any atom is -0.497 e. The molecule has 0 unspecified atom stereocenters. The van der Waals surface area contributed by atoms with Crippen molar-refractivity contribution in [2.75, 3.05) is 38.6 Å². The lowest BCUT2D eigenvalue weighted by Crippen LogP contribution is -2.48. The molecule has 186 valence electrons. The van der Waals surface area contributed by atoms with Gasteiger partial charge >= 0.3 is 0 Å². The molecule has 2 aromatic carbocycles. The molecule has 1 aliphatic rings. The third kappa shape index (κ3) is 5.55. The molecular weight excluding hydrogens is 468 g/mol. The van der Waals surface area contributed by atoms with E-state index in [0.29, 0.717) is 44.3 Å². The summed E-state index contributed by atoms with van der Waals surface area (Å²) in [6, 6.07) is 12.5. The molecule has 0 saturated carbocycles. The van der Waals surface area contributed by atoms with Gasteiger partial charge in [0.1, 0.15) is 16.4 Å². The third-order valence-corrected chi connectivity index (χ3v) is 7.94. The molecule has 1 amide bonds. The summed E-state index contributed by atoms with van der Waals surface area (Å²) in [4.78, 5) is 18.5. The molecule has 1 fully saturated rings. The number of aromatic nitrogens is 1. The Kier molecular flexibility index (Phi) is 7.25. The molecule has 0 spiro atoms. The zero-order valence-corrected chi connectivity index (χ0v) is 21.2. The van der Waals surface area contributed by atoms with E-state index in [4.69, 9.17) is 9.15 Å². The number of benzene rings is 2. The van der Waals surface area contributed by atoms with Crippen LogP contribution >= 0.6 is 0 Å². The van der Waals surface area contributed by atoms with Gasteiger partial charge < -0.3 is 14.5 Å². The van der Waals surface area contributed by atoms with Crippen molar-refractivity contribution in [2.45, 2.75) is 32.2 Å². The average molecular weight is 499 g/mol. The Morgan fingerprint density at radius 1 is 1.09 bits per heavy atom. The maximum atomic E-state index is 13.4. The molecule has 1 N–H and O–H groups in total. The van der Waals surface area contributed by atoms with E-state index in [-0.39, 0.29) is 10.8 Å². The molecule has 0 atom stereocenters. The van der Waals surface area contributed by atoms with Crippen LogP contribution in [-0.4, -0.2) is 61.8 Å². The summed E-state index contributed by atoms with van der Waals surface area (Å²) in [6.07, 6.45) is 0. The number of amides is 1. The van der Waals surface area contributed by atoms with Crippen molar-refractivity contribution in [2.24, 2.45) is 0 Å². The van der Waals surface area contributed by atoms with Crippen molar-refractivity contribution in [1.29, 1.82) is 0 Å². The number of oxazole rings is 1. The minimum absolute atomic E-state index is 0.123. The Morgan fingerprint density at radius 3 is 2.40 bits per heavy atom. The summed E-state index contributed by atoms with van der Waals surface area (Å²) in [5, 5.41) is 2.63. The van der Waals surface area contributed by atoms with Crippen molar-refractivity contribution in [3.8, 4) is 17.2 Å². The molecule has 1 aromatic heterocycles. The quantitative estimate of drug-likeness (QED) is 0.532. The van der Waals surface area contributed by atoms with Crippen molar-refractivity contribution in [3.05, 3.63) is 59.5 Å². The van der Waals surface area contributed by atoms with Crippen molar-refractivity contribution in [3.63, 3.8) is 0 Å². The van der Waals surface area contributed by atoms with Gasteiger partial charge in [-0.1, -0.05) is 6.07 Å². The number of rotatable bonds is 7. The van der Waals surface area contributed by atoms with Crippen LogP contribution < -0.4 is 10.1 Å². The number of methoxy groups -OCH3 is 1. The summed E-state index contributed by atoms with van der Waals surface area (Å²) in [5.74, 6) is 1.74. The predicted octanol–water partition coefficient (Wildman–Crippen LogP) is 3.43. The van der Waals surface area contributed by atoms with E-state index in [9.17, 15) is 13.2 Å². The molecule has 0 aliphatic carbocycles. The number of nitrogens with zero attached hydrogens (tertiary/aromatic N) is 3. The van der Waals surface area contributed by atoms with E-state index in [2.05, 4.69) is 15.2 Å². The van der Waals surface area contributed by atoms with Crippen LogP contribution in [0.4, 0.5) is 5.69 Å². The van der Waals surface area contributed by atoms with Crippen molar-refractivity contribution in [1.82, 2.24) is 14.2 Å². The summed E-state index contributed by atoms with van der Waals surface area (Å²) in [6.45, 7) is 7.46. The van der Waals surface area contributed by atoms with Gasteiger partial charge in [-0.2, -0.15) is 4.31 Å². The fourth-order valence-electron chi connectivity index (χ4n) is 4.05. The van der Waals surface area contributed by atoms with Gasteiger partial charge in [-0.05, 0) is 55.8 Å². The second-order valence-corrected chi connectivity index (χ2v) is 10.5. The first-order valence-corrected chi connectivity index (χ1v) is 12.8. The highest BCUT2D eigenvalue weighted by atomic mass is 32.2. The molecule has 3 aromatic rings. The number of aryl methyl sites for hydroxylation is 2. The first-order chi connectivity index (χ1) is 16.7. The molecular formula is C25H30N4O5S. The fraction of sp³-hybridized carbons (Fsp3) is 0.360. The van der Waals surface area contributed by atoms with Crippen LogP contribution in [0.25, 0.3) is 11.5 Å². The van der Waals surface area contributed by atoms with Crippen LogP contribution in [0.5, 0.6) is 5.75 Å². The number of anilines is 1. The number of ether oxygens (including phenoxy) is 1. The number of hydrogen-bond acceptors (Lipinski definition) is 7. The van der Waals surface area contributed by atoms with E-state index in [1.54, 1.807) is 25.3 Å². The SMILES string of the molecule is COc1ccc(-c2nc(CN3CCN(S(=O)(=O)c4cc(C)ccc4NC(C)=O)CC3)c(C)o2)cc1. The zero-order valence-electron chi connectivity index (χ0n) is 20.4. The summed E-state index contributed by atoms with van der Waals surface area (Å²) >= 11 is 0. The van der Waals surface area contributed by atoms with Gasteiger partial charge in [-0.3, -0.25) is 9.69 Å². The smallest absolute Gasteiger partial charge is 0.245 e. The minimum atomic E-state index is -3.76.